The third-order valence-electron chi connectivity index (χ3n) is 3.89. The molecule has 27 heavy (non-hydrogen) atoms. The lowest BCUT2D eigenvalue weighted by atomic mass is 10.2. The number of benzene rings is 2. The Bertz CT molecular complexity index is 869. The molecule has 0 aliphatic rings. The van der Waals surface area contributed by atoms with Crippen molar-refractivity contribution in [1.29, 1.82) is 0 Å². The van der Waals surface area contributed by atoms with Gasteiger partial charge in [0.2, 0.25) is 15.9 Å². The highest BCUT2D eigenvalue weighted by Gasteiger charge is 2.17. The minimum absolute atomic E-state index is 0.166. The number of rotatable bonds is 9. The molecule has 2 aromatic carbocycles. The van der Waals surface area contributed by atoms with E-state index in [2.05, 4.69) is 5.32 Å². The second-order valence-electron chi connectivity index (χ2n) is 5.89. The second kappa shape index (κ2) is 9.27. The molecular formula is C19H24N2O5S. The largest absolute Gasteiger partial charge is 0.497 e. The Morgan fingerprint density at radius 3 is 2.37 bits per heavy atom. The Hall–Kier alpha value is -2.74. The zero-order valence-electron chi connectivity index (χ0n) is 15.6. The van der Waals surface area contributed by atoms with Crippen molar-refractivity contribution in [2.24, 2.45) is 0 Å². The van der Waals surface area contributed by atoms with Crippen LogP contribution in [0.25, 0.3) is 0 Å². The van der Waals surface area contributed by atoms with Gasteiger partial charge in [-0.3, -0.25) is 9.10 Å². The Morgan fingerprint density at radius 1 is 1.07 bits per heavy atom. The third-order valence-corrected chi connectivity index (χ3v) is 5.08. The predicted molar refractivity (Wildman–Crippen MR) is 106 cm³/mol. The van der Waals surface area contributed by atoms with Gasteiger partial charge in [-0.25, -0.2) is 8.42 Å². The lowest BCUT2D eigenvalue weighted by Crippen LogP contribution is -2.31. The molecular weight excluding hydrogens is 368 g/mol. The van der Waals surface area contributed by atoms with Crippen molar-refractivity contribution in [2.45, 2.75) is 12.8 Å². The monoisotopic (exact) mass is 392 g/mol. The van der Waals surface area contributed by atoms with Crippen LogP contribution in [0.5, 0.6) is 11.5 Å². The number of hydrogen-bond donors (Lipinski definition) is 1. The van der Waals surface area contributed by atoms with Crippen molar-refractivity contribution >= 4 is 27.3 Å². The fourth-order valence-electron chi connectivity index (χ4n) is 2.59. The summed E-state index contributed by atoms with van der Waals surface area (Å²) in [5, 5.41) is 2.78. The molecule has 2 rings (SSSR count). The topological polar surface area (TPSA) is 84.9 Å². The van der Waals surface area contributed by atoms with E-state index in [1.807, 2.05) is 6.07 Å². The zero-order chi connectivity index (χ0) is 19.9. The normalized spacial score (nSPS) is 10.9. The molecule has 8 heteroatoms. The summed E-state index contributed by atoms with van der Waals surface area (Å²) >= 11 is 0. The maximum Gasteiger partial charge on any atom is 0.232 e. The fraction of sp³-hybridized carbons (Fsp3) is 0.316. The maximum absolute atomic E-state index is 12.3. The van der Waals surface area contributed by atoms with Crippen LogP contribution in [0.2, 0.25) is 0 Å². The third kappa shape index (κ3) is 5.89. The van der Waals surface area contributed by atoms with Gasteiger partial charge in [0.15, 0.2) is 0 Å². The molecule has 0 bridgehead atoms. The summed E-state index contributed by atoms with van der Waals surface area (Å²) in [6, 6.07) is 13.9. The lowest BCUT2D eigenvalue weighted by Gasteiger charge is -2.22. The summed E-state index contributed by atoms with van der Waals surface area (Å²) < 4.78 is 35.8. The van der Waals surface area contributed by atoms with Crippen molar-refractivity contribution in [3.63, 3.8) is 0 Å². The molecule has 7 nitrogen and oxygen atoms in total. The number of nitrogens with zero attached hydrogens (tertiary/aromatic N) is 1. The molecule has 0 fully saturated rings. The van der Waals surface area contributed by atoms with E-state index in [4.69, 9.17) is 9.47 Å². The lowest BCUT2D eigenvalue weighted by molar-refractivity contribution is -0.116. The summed E-state index contributed by atoms with van der Waals surface area (Å²) in [7, 11) is -0.376. The number of nitrogens with one attached hydrogen (secondary N) is 1. The molecule has 1 N–H and O–H groups in total. The van der Waals surface area contributed by atoms with Crippen LogP contribution in [-0.4, -0.2) is 41.3 Å². The molecule has 0 heterocycles. The molecule has 2 aromatic rings. The Labute approximate surface area is 160 Å². The molecule has 0 radical (unpaired) electrons. The van der Waals surface area contributed by atoms with Crippen LogP contribution in [0, 0.1) is 0 Å². The molecule has 0 aliphatic heterocycles. The second-order valence-corrected chi connectivity index (χ2v) is 7.80. The number of anilines is 2. The number of carbonyl (C=O) groups is 1. The van der Waals surface area contributed by atoms with Crippen molar-refractivity contribution in [1.82, 2.24) is 0 Å². The van der Waals surface area contributed by atoms with Crippen LogP contribution in [-0.2, 0) is 14.8 Å². The van der Waals surface area contributed by atoms with E-state index in [9.17, 15) is 13.2 Å². The van der Waals surface area contributed by atoms with Crippen LogP contribution >= 0.6 is 0 Å². The highest BCUT2D eigenvalue weighted by molar-refractivity contribution is 7.92. The van der Waals surface area contributed by atoms with Gasteiger partial charge >= 0.3 is 0 Å². The smallest absolute Gasteiger partial charge is 0.232 e. The van der Waals surface area contributed by atoms with E-state index in [1.54, 1.807) is 42.5 Å². The minimum atomic E-state index is -3.43. The van der Waals surface area contributed by atoms with Gasteiger partial charge in [0.05, 0.1) is 31.9 Å². The first-order valence-corrected chi connectivity index (χ1v) is 10.2. The zero-order valence-corrected chi connectivity index (χ0v) is 16.5. The number of hydrogen-bond acceptors (Lipinski definition) is 5. The molecule has 146 valence electrons. The maximum atomic E-state index is 12.3. The molecule has 0 spiro atoms. The van der Waals surface area contributed by atoms with Crippen molar-refractivity contribution in [3.8, 4) is 11.5 Å². The average Bonchev–Trinajstić information content (AvgIpc) is 2.64. The molecule has 0 aliphatic carbocycles. The van der Waals surface area contributed by atoms with E-state index in [1.165, 1.54) is 18.5 Å². The summed E-state index contributed by atoms with van der Waals surface area (Å²) in [6.45, 7) is 0.214. The van der Waals surface area contributed by atoms with Crippen LogP contribution < -0.4 is 19.1 Å². The number of carbonyl (C=O) groups excluding carboxylic acids is 1. The Morgan fingerprint density at radius 2 is 1.78 bits per heavy atom. The van der Waals surface area contributed by atoms with Gasteiger partial charge in [-0.2, -0.15) is 0 Å². The molecule has 0 aromatic heterocycles. The predicted octanol–water partition coefficient (Wildman–Crippen LogP) is 2.89. The standard InChI is InChI=1S/C19H24N2O5S/c1-25-16-11-12-18(26-2)17(14-16)20-19(22)10-7-13-21(27(3,23)24)15-8-5-4-6-9-15/h4-6,8-9,11-12,14H,7,10,13H2,1-3H3,(H,20,22). The Kier molecular flexibility index (Phi) is 7.06. The van der Waals surface area contributed by atoms with Crippen molar-refractivity contribution < 1.29 is 22.7 Å². The van der Waals surface area contributed by atoms with Gasteiger partial charge in [0, 0.05) is 19.0 Å². The van der Waals surface area contributed by atoms with E-state index >= 15 is 0 Å². The van der Waals surface area contributed by atoms with Gasteiger partial charge < -0.3 is 14.8 Å². The van der Waals surface area contributed by atoms with Crippen LogP contribution in [0.4, 0.5) is 11.4 Å². The number of para-hydroxylation sites is 1. The first-order valence-electron chi connectivity index (χ1n) is 8.40. The highest BCUT2D eigenvalue weighted by Crippen LogP contribution is 2.29. The molecule has 1 amide bonds. The van der Waals surface area contributed by atoms with E-state index in [-0.39, 0.29) is 18.9 Å². The quantitative estimate of drug-likeness (QED) is 0.709. The Balaban J connectivity index is 1.99. The SMILES string of the molecule is COc1ccc(OC)c(NC(=O)CCCN(c2ccccc2)S(C)(=O)=O)c1. The number of ether oxygens (including phenoxy) is 2. The van der Waals surface area contributed by atoms with Gasteiger partial charge in [-0.15, -0.1) is 0 Å². The summed E-state index contributed by atoms with van der Waals surface area (Å²) in [5.74, 6) is 0.882. The highest BCUT2D eigenvalue weighted by atomic mass is 32.2. The van der Waals surface area contributed by atoms with E-state index in [0.717, 1.165) is 6.26 Å². The van der Waals surface area contributed by atoms with E-state index < -0.39 is 10.0 Å². The first kappa shape index (κ1) is 20.6. The van der Waals surface area contributed by atoms with Crippen LogP contribution in [0.15, 0.2) is 48.5 Å². The average molecular weight is 392 g/mol. The van der Waals surface area contributed by atoms with Crippen LogP contribution in [0.3, 0.4) is 0 Å². The van der Waals surface area contributed by atoms with Gasteiger partial charge in [0.1, 0.15) is 11.5 Å². The molecule has 0 saturated carbocycles. The van der Waals surface area contributed by atoms with Crippen molar-refractivity contribution in [2.75, 3.05) is 36.6 Å². The number of sulfonamides is 1. The van der Waals surface area contributed by atoms with Crippen molar-refractivity contribution in [3.05, 3.63) is 48.5 Å². The minimum Gasteiger partial charge on any atom is -0.497 e. The molecule has 0 saturated heterocycles. The van der Waals surface area contributed by atoms with Gasteiger partial charge in [0.25, 0.3) is 0 Å². The number of methoxy groups -OCH3 is 2. The fourth-order valence-corrected chi connectivity index (χ4v) is 3.55. The van der Waals surface area contributed by atoms with Gasteiger partial charge in [-0.05, 0) is 30.7 Å². The van der Waals surface area contributed by atoms with E-state index in [0.29, 0.717) is 29.3 Å². The number of amides is 1. The summed E-state index contributed by atoms with van der Waals surface area (Å²) in [6.07, 6.45) is 1.69. The van der Waals surface area contributed by atoms with Crippen LogP contribution in [0.1, 0.15) is 12.8 Å². The van der Waals surface area contributed by atoms with Gasteiger partial charge in [-0.1, -0.05) is 18.2 Å². The summed E-state index contributed by atoms with van der Waals surface area (Å²) in [4.78, 5) is 12.3. The first-order chi connectivity index (χ1) is 12.8. The summed E-state index contributed by atoms with van der Waals surface area (Å²) in [5.41, 5.74) is 1.08. The molecule has 0 unspecified atom stereocenters. The molecule has 0 atom stereocenters.